The maximum atomic E-state index is 13.0. The highest BCUT2D eigenvalue weighted by atomic mass is 16.7. The van der Waals surface area contributed by atoms with Crippen LogP contribution in [0.1, 0.15) is 127 Å². The zero-order valence-corrected chi connectivity index (χ0v) is 23.5. The first-order chi connectivity index (χ1) is 17.6. The van der Waals surface area contributed by atoms with Crippen LogP contribution in [0.3, 0.4) is 0 Å². The monoisotopic (exact) mass is 494 g/mol. The molecule has 0 fully saturated rings. The number of ether oxygens (including phenoxy) is 2. The maximum absolute atomic E-state index is 13.0. The van der Waals surface area contributed by atoms with E-state index in [1.165, 1.54) is 74.5 Å². The van der Waals surface area contributed by atoms with Crippen LogP contribution in [0.4, 0.5) is 4.79 Å². The predicted octanol–water partition coefficient (Wildman–Crippen LogP) is 10.2. The minimum atomic E-state index is -0.631. The van der Waals surface area contributed by atoms with Gasteiger partial charge >= 0.3 is 6.16 Å². The van der Waals surface area contributed by atoms with Crippen LogP contribution >= 0.6 is 0 Å². The molecule has 0 amide bonds. The number of aryl methyl sites for hydroxylation is 2. The normalized spacial score (nSPS) is 11.0. The van der Waals surface area contributed by atoms with Crippen molar-refractivity contribution in [1.82, 2.24) is 0 Å². The molecule has 2 aromatic carbocycles. The van der Waals surface area contributed by atoms with Gasteiger partial charge in [0.25, 0.3) is 0 Å². The van der Waals surface area contributed by atoms with E-state index in [2.05, 4.69) is 39.8 Å². The number of hydrogen-bond acceptors (Lipinski definition) is 3. The fourth-order valence-corrected chi connectivity index (χ4v) is 4.99. The van der Waals surface area contributed by atoms with Crippen LogP contribution in [0.25, 0.3) is 0 Å². The van der Waals surface area contributed by atoms with E-state index in [4.69, 9.17) is 9.47 Å². The van der Waals surface area contributed by atoms with Gasteiger partial charge in [-0.15, -0.1) is 0 Å². The van der Waals surface area contributed by atoms with E-state index in [9.17, 15) is 4.79 Å². The molecular formula is C33H50O3. The minimum Gasteiger partial charge on any atom is -0.394 e. The molecule has 0 aliphatic rings. The Morgan fingerprint density at radius 1 is 0.528 bits per heavy atom. The summed E-state index contributed by atoms with van der Waals surface area (Å²) in [5.41, 5.74) is 4.91. The molecule has 36 heavy (non-hydrogen) atoms. The van der Waals surface area contributed by atoms with Gasteiger partial charge in [-0.2, -0.15) is 0 Å². The van der Waals surface area contributed by atoms with E-state index in [-0.39, 0.29) is 0 Å². The van der Waals surface area contributed by atoms with E-state index in [0.29, 0.717) is 11.5 Å². The molecule has 0 N–H and O–H groups in total. The molecule has 0 saturated carbocycles. The van der Waals surface area contributed by atoms with Crippen molar-refractivity contribution in [1.29, 1.82) is 0 Å². The molecule has 0 atom stereocenters. The van der Waals surface area contributed by atoms with E-state index >= 15 is 0 Å². The fourth-order valence-electron chi connectivity index (χ4n) is 4.99. The third-order valence-electron chi connectivity index (χ3n) is 6.95. The van der Waals surface area contributed by atoms with Crippen molar-refractivity contribution in [2.75, 3.05) is 0 Å². The Balaban J connectivity index is 2.16. The molecule has 0 aliphatic carbocycles. The van der Waals surface area contributed by atoms with Crippen molar-refractivity contribution in [3.05, 3.63) is 58.7 Å². The number of unbranched alkanes of at least 4 members (excludes halogenated alkanes) is 8. The number of hydrogen-bond donors (Lipinski definition) is 0. The largest absolute Gasteiger partial charge is 0.519 e. The summed E-state index contributed by atoms with van der Waals surface area (Å²) in [4.78, 5) is 13.0. The Morgan fingerprint density at radius 3 is 1.53 bits per heavy atom. The van der Waals surface area contributed by atoms with E-state index in [1.54, 1.807) is 0 Å². The first-order valence-electron chi connectivity index (χ1n) is 14.8. The van der Waals surface area contributed by atoms with Gasteiger partial charge in [-0.05, 0) is 72.9 Å². The number of rotatable bonds is 18. The van der Waals surface area contributed by atoms with Gasteiger partial charge in [-0.1, -0.05) is 116 Å². The summed E-state index contributed by atoms with van der Waals surface area (Å²) in [6, 6.07) is 12.2. The Labute approximate surface area is 221 Å². The smallest absolute Gasteiger partial charge is 0.394 e. The Hall–Kier alpha value is -2.29. The maximum Gasteiger partial charge on any atom is 0.519 e. The summed E-state index contributed by atoms with van der Waals surface area (Å²) in [6.45, 7) is 8.83. The van der Waals surface area contributed by atoms with Gasteiger partial charge in [0.1, 0.15) is 11.5 Å². The fraction of sp³-hybridized carbons (Fsp3) is 0.606. The van der Waals surface area contributed by atoms with Crippen LogP contribution in [0, 0.1) is 0 Å². The molecule has 2 rings (SSSR count). The number of carbonyl (C=O) groups excluding carboxylic acids is 1. The van der Waals surface area contributed by atoms with Crippen molar-refractivity contribution >= 4 is 6.16 Å². The van der Waals surface area contributed by atoms with Gasteiger partial charge < -0.3 is 9.47 Å². The summed E-state index contributed by atoms with van der Waals surface area (Å²) in [7, 11) is 0. The zero-order valence-electron chi connectivity index (χ0n) is 23.5. The molecular weight excluding hydrogens is 444 g/mol. The lowest BCUT2D eigenvalue weighted by Crippen LogP contribution is -2.16. The van der Waals surface area contributed by atoms with Crippen molar-refractivity contribution in [2.45, 2.75) is 130 Å². The summed E-state index contributed by atoms with van der Waals surface area (Å²) < 4.78 is 11.7. The van der Waals surface area contributed by atoms with Crippen LogP contribution in [-0.2, 0) is 25.7 Å². The predicted molar refractivity (Wildman–Crippen MR) is 152 cm³/mol. The summed E-state index contributed by atoms with van der Waals surface area (Å²) >= 11 is 0. The van der Waals surface area contributed by atoms with E-state index in [0.717, 1.165) is 50.5 Å². The molecule has 0 saturated heterocycles. The standard InChI is InChI=1S/C33H50O3/c1-5-9-11-13-15-21-28-23-18-26-32(30(28)24-16-14-12-10-6-2)36-33(34)35-31-25-17-22-27(19-7-3)29(31)20-8-4/h17-18,22-23,25-26H,5-16,19-21,24H2,1-4H3. The average molecular weight is 495 g/mol. The van der Waals surface area contributed by atoms with Crippen LogP contribution in [0.15, 0.2) is 36.4 Å². The minimum absolute atomic E-state index is 0.631. The molecule has 0 aromatic heterocycles. The van der Waals surface area contributed by atoms with Crippen LogP contribution < -0.4 is 9.47 Å². The first kappa shape index (κ1) is 29.9. The highest BCUT2D eigenvalue weighted by Gasteiger charge is 2.17. The molecule has 3 heteroatoms. The third-order valence-corrected chi connectivity index (χ3v) is 6.95. The highest BCUT2D eigenvalue weighted by molar-refractivity contribution is 5.69. The molecule has 3 nitrogen and oxygen atoms in total. The van der Waals surface area contributed by atoms with Crippen LogP contribution in [0.2, 0.25) is 0 Å². The summed E-state index contributed by atoms with van der Waals surface area (Å²) in [5, 5.41) is 0. The molecule has 0 radical (unpaired) electrons. The molecule has 0 aliphatic heterocycles. The first-order valence-corrected chi connectivity index (χ1v) is 14.8. The van der Waals surface area contributed by atoms with Crippen molar-refractivity contribution in [3.63, 3.8) is 0 Å². The SMILES string of the molecule is CCCCCCCc1cccc(OC(=O)Oc2cccc(CCC)c2CCC)c1CCCCCCC. The van der Waals surface area contributed by atoms with Gasteiger partial charge in [-0.3, -0.25) is 0 Å². The van der Waals surface area contributed by atoms with E-state index < -0.39 is 6.16 Å². The van der Waals surface area contributed by atoms with Gasteiger partial charge in [0.05, 0.1) is 0 Å². The summed E-state index contributed by atoms with van der Waals surface area (Å²) in [5.74, 6) is 1.31. The molecule has 0 spiro atoms. The number of benzene rings is 2. The van der Waals surface area contributed by atoms with Crippen molar-refractivity contribution in [3.8, 4) is 11.5 Å². The van der Waals surface area contributed by atoms with Gasteiger partial charge in [0.2, 0.25) is 0 Å². The molecule has 0 bridgehead atoms. The second-order valence-electron chi connectivity index (χ2n) is 10.1. The van der Waals surface area contributed by atoms with E-state index in [1.807, 2.05) is 24.3 Å². The van der Waals surface area contributed by atoms with Crippen LogP contribution in [0.5, 0.6) is 11.5 Å². The quantitative estimate of drug-likeness (QED) is 0.117. The Bertz CT molecular complexity index is 886. The highest BCUT2D eigenvalue weighted by Crippen LogP contribution is 2.29. The van der Waals surface area contributed by atoms with Crippen LogP contribution in [-0.4, -0.2) is 6.16 Å². The Kier molecular flexibility index (Phi) is 15.0. The average Bonchev–Trinajstić information content (AvgIpc) is 2.87. The molecule has 0 heterocycles. The molecule has 0 unspecified atom stereocenters. The van der Waals surface area contributed by atoms with Gasteiger partial charge in [0, 0.05) is 0 Å². The molecule has 200 valence electrons. The number of carbonyl (C=O) groups is 1. The second kappa shape index (κ2) is 18.0. The Morgan fingerprint density at radius 2 is 1.00 bits per heavy atom. The van der Waals surface area contributed by atoms with Crippen molar-refractivity contribution < 1.29 is 14.3 Å². The summed E-state index contributed by atoms with van der Waals surface area (Å²) in [6.07, 6.45) is 17.8. The van der Waals surface area contributed by atoms with Gasteiger partial charge in [-0.25, -0.2) is 4.79 Å². The topological polar surface area (TPSA) is 35.5 Å². The lowest BCUT2D eigenvalue weighted by atomic mass is 9.95. The lowest BCUT2D eigenvalue weighted by molar-refractivity contribution is 0.151. The second-order valence-corrected chi connectivity index (χ2v) is 10.1. The molecule has 2 aromatic rings. The van der Waals surface area contributed by atoms with Gasteiger partial charge in [0.15, 0.2) is 0 Å². The lowest BCUT2D eigenvalue weighted by Gasteiger charge is -2.17. The van der Waals surface area contributed by atoms with Crippen molar-refractivity contribution in [2.24, 2.45) is 0 Å². The zero-order chi connectivity index (χ0) is 26.0. The third kappa shape index (κ3) is 10.4.